The standard InChI is InChI=1S/C11H13FN2O3.ClH/c1-6(2)3-10(13)8-4-7(14(16)17)5-9(12)11(8)15;/h4-5,10,15H,1,3,13H2,2H3;1H/t10-;/m0./s1. The Hall–Kier alpha value is -1.66. The highest BCUT2D eigenvalue weighted by Crippen LogP contribution is 2.32. The maximum Gasteiger partial charge on any atom is 0.272 e. The van der Waals surface area contributed by atoms with Gasteiger partial charge in [0, 0.05) is 17.7 Å². The van der Waals surface area contributed by atoms with E-state index >= 15 is 0 Å². The van der Waals surface area contributed by atoms with Crippen LogP contribution in [0.4, 0.5) is 10.1 Å². The molecule has 1 atom stereocenters. The van der Waals surface area contributed by atoms with Gasteiger partial charge in [-0.25, -0.2) is 4.39 Å². The van der Waals surface area contributed by atoms with Gasteiger partial charge in [-0.2, -0.15) is 0 Å². The average molecular weight is 277 g/mol. The minimum atomic E-state index is -1.05. The maximum atomic E-state index is 13.3. The van der Waals surface area contributed by atoms with E-state index in [9.17, 15) is 19.6 Å². The molecule has 0 aliphatic heterocycles. The van der Waals surface area contributed by atoms with E-state index in [2.05, 4.69) is 6.58 Å². The SMILES string of the molecule is C=C(C)C[C@H](N)c1cc([N+](=O)[O-])cc(F)c1O.Cl. The number of nitrogens with two attached hydrogens (primary N) is 1. The highest BCUT2D eigenvalue weighted by Gasteiger charge is 2.20. The molecule has 0 saturated carbocycles. The van der Waals surface area contributed by atoms with Crippen LogP contribution in [0.2, 0.25) is 0 Å². The summed E-state index contributed by atoms with van der Waals surface area (Å²) in [7, 11) is 0. The first-order valence-electron chi connectivity index (χ1n) is 4.89. The fraction of sp³-hybridized carbons (Fsp3) is 0.273. The van der Waals surface area contributed by atoms with Crippen LogP contribution in [0.1, 0.15) is 24.9 Å². The molecule has 1 aromatic carbocycles. The predicted molar refractivity (Wildman–Crippen MR) is 68.3 cm³/mol. The normalized spacial score (nSPS) is 11.5. The van der Waals surface area contributed by atoms with Crippen LogP contribution in [0.25, 0.3) is 0 Å². The number of hydrogen-bond donors (Lipinski definition) is 2. The van der Waals surface area contributed by atoms with Gasteiger partial charge in [-0.1, -0.05) is 5.57 Å². The molecular formula is C11H14ClFN2O3. The molecule has 7 heteroatoms. The van der Waals surface area contributed by atoms with E-state index in [1.54, 1.807) is 6.92 Å². The minimum absolute atomic E-state index is 0. The van der Waals surface area contributed by atoms with E-state index in [-0.39, 0.29) is 18.0 Å². The lowest BCUT2D eigenvalue weighted by Crippen LogP contribution is -2.11. The van der Waals surface area contributed by atoms with E-state index in [4.69, 9.17) is 5.73 Å². The molecule has 0 radical (unpaired) electrons. The number of benzene rings is 1. The average Bonchev–Trinajstić information content (AvgIpc) is 2.20. The van der Waals surface area contributed by atoms with Crippen LogP contribution in [-0.2, 0) is 0 Å². The van der Waals surface area contributed by atoms with Crippen LogP contribution in [-0.4, -0.2) is 10.0 Å². The second-order valence-electron chi connectivity index (χ2n) is 3.89. The van der Waals surface area contributed by atoms with Gasteiger partial charge in [0.25, 0.3) is 5.69 Å². The molecule has 0 aromatic heterocycles. The van der Waals surface area contributed by atoms with Crippen LogP contribution in [0.15, 0.2) is 24.3 Å². The lowest BCUT2D eigenvalue weighted by atomic mass is 9.99. The van der Waals surface area contributed by atoms with Crippen molar-refractivity contribution in [3.05, 3.63) is 45.8 Å². The van der Waals surface area contributed by atoms with Crippen molar-refractivity contribution in [1.82, 2.24) is 0 Å². The Morgan fingerprint density at radius 2 is 2.22 bits per heavy atom. The molecule has 1 aromatic rings. The molecule has 18 heavy (non-hydrogen) atoms. The fourth-order valence-electron chi connectivity index (χ4n) is 1.48. The molecule has 100 valence electrons. The van der Waals surface area contributed by atoms with Gasteiger partial charge in [-0.05, 0) is 13.3 Å². The van der Waals surface area contributed by atoms with E-state index in [0.29, 0.717) is 12.5 Å². The number of halogens is 2. The number of nitrogens with zero attached hydrogens (tertiary/aromatic N) is 1. The first-order chi connectivity index (χ1) is 7.82. The molecule has 0 spiro atoms. The summed E-state index contributed by atoms with van der Waals surface area (Å²) < 4.78 is 13.3. The summed E-state index contributed by atoms with van der Waals surface area (Å²) in [5.74, 6) is -1.70. The summed E-state index contributed by atoms with van der Waals surface area (Å²) in [4.78, 5) is 9.82. The predicted octanol–water partition coefficient (Wildman–Crippen LogP) is 2.83. The van der Waals surface area contributed by atoms with Gasteiger partial charge in [-0.15, -0.1) is 19.0 Å². The fourth-order valence-corrected chi connectivity index (χ4v) is 1.48. The zero-order chi connectivity index (χ0) is 13.2. The lowest BCUT2D eigenvalue weighted by molar-refractivity contribution is -0.385. The number of phenolic OH excluding ortho intramolecular Hbond substituents is 1. The number of nitro groups is 1. The van der Waals surface area contributed by atoms with Crippen molar-refractivity contribution < 1.29 is 14.4 Å². The molecule has 0 aliphatic rings. The largest absolute Gasteiger partial charge is 0.505 e. The van der Waals surface area contributed by atoms with Crippen molar-refractivity contribution in [2.75, 3.05) is 0 Å². The Kier molecular flexibility index (Phi) is 5.74. The van der Waals surface area contributed by atoms with Gasteiger partial charge in [0.2, 0.25) is 0 Å². The molecular weight excluding hydrogens is 263 g/mol. The van der Waals surface area contributed by atoms with Crippen molar-refractivity contribution in [2.24, 2.45) is 5.73 Å². The number of hydrogen-bond acceptors (Lipinski definition) is 4. The zero-order valence-electron chi connectivity index (χ0n) is 9.72. The molecule has 0 fully saturated rings. The molecule has 3 N–H and O–H groups in total. The number of non-ortho nitro benzene ring substituents is 1. The van der Waals surface area contributed by atoms with Crippen molar-refractivity contribution in [2.45, 2.75) is 19.4 Å². The second-order valence-corrected chi connectivity index (χ2v) is 3.89. The molecule has 5 nitrogen and oxygen atoms in total. The van der Waals surface area contributed by atoms with Crippen molar-refractivity contribution >= 4 is 18.1 Å². The van der Waals surface area contributed by atoms with Crippen molar-refractivity contribution in [3.8, 4) is 5.75 Å². The molecule has 0 amide bonds. The Morgan fingerprint density at radius 1 is 1.67 bits per heavy atom. The Balaban J connectivity index is 0.00000289. The topological polar surface area (TPSA) is 89.4 Å². The van der Waals surface area contributed by atoms with Gasteiger partial charge in [0.05, 0.1) is 11.0 Å². The Bertz CT molecular complexity index is 480. The minimum Gasteiger partial charge on any atom is -0.505 e. The van der Waals surface area contributed by atoms with Crippen molar-refractivity contribution in [3.63, 3.8) is 0 Å². The van der Waals surface area contributed by atoms with Crippen LogP contribution in [0, 0.1) is 15.9 Å². The molecule has 0 bridgehead atoms. The number of aromatic hydroxyl groups is 1. The van der Waals surface area contributed by atoms with E-state index in [1.807, 2.05) is 0 Å². The molecule has 0 unspecified atom stereocenters. The summed E-state index contributed by atoms with van der Waals surface area (Å²) in [6.07, 6.45) is 0.314. The van der Waals surface area contributed by atoms with Gasteiger partial charge >= 0.3 is 0 Å². The molecule has 0 saturated heterocycles. The Morgan fingerprint density at radius 3 is 2.67 bits per heavy atom. The highest BCUT2D eigenvalue weighted by atomic mass is 35.5. The first kappa shape index (κ1) is 16.3. The van der Waals surface area contributed by atoms with Crippen LogP contribution in [0.3, 0.4) is 0 Å². The van der Waals surface area contributed by atoms with Crippen LogP contribution < -0.4 is 5.73 Å². The van der Waals surface area contributed by atoms with Gasteiger partial charge in [0.1, 0.15) is 0 Å². The summed E-state index contributed by atoms with van der Waals surface area (Å²) in [6, 6.07) is 1.01. The summed E-state index contributed by atoms with van der Waals surface area (Å²) in [5, 5.41) is 20.0. The summed E-state index contributed by atoms with van der Waals surface area (Å²) >= 11 is 0. The van der Waals surface area contributed by atoms with Crippen molar-refractivity contribution in [1.29, 1.82) is 0 Å². The van der Waals surface area contributed by atoms with E-state index < -0.39 is 28.2 Å². The van der Waals surface area contributed by atoms with Gasteiger partial charge in [0.15, 0.2) is 11.6 Å². The zero-order valence-corrected chi connectivity index (χ0v) is 10.5. The summed E-state index contributed by atoms with van der Waals surface area (Å²) in [5.41, 5.74) is 6.04. The third-order valence-corrected chi connectivity index (χ3v) is 2.26. The van der Waals surface area contributed by atoms with Gasteiger partial charge < -0.3 is 10.8 Å². The first-order valence-corrected chi connectivity index (χ1v) is 4.89. The molecule has 0 aliphatic carbocycles. The smallest absolute Gasteiger partial charge is 0.272 e. The number of phenols is 1. The molecule has 0 heterocycles. The molecule has 1 rings (SSSR count). The number of nitro benzene ring substituents is 1. The van der Waals surface area contributed by atoms with Crippen LogP contribution in [0.5, 0.6) is 5.75 Å². The monoisotopic (exact) mass is 276 g/mol. The lowest BCUT2D eigenvalue weighted by Gasteiger charge is -2.13. The highest BCUT2D eigenvalue weighted by molar-refractivity contribution is 5.85. The van der Waals surface area contributed by atoms with E-state index in [1.165, 1.54) is 0 Å². The quantitative estimate of drug-likeness (QED) is 0.503. The van der Waals surface area contributed by atoms with Crippen LogP contribution >= 0.6 is 12.4 Å². The second kappa shape index (κ2) is 6.32. The third kappa shape index (κ3) is 3.68. The maximum absolute atomic E-state index is 13.3. The summed E-state index contributed by atoms with van der Waals surface area (Å²) in [6.45, 7) is 5.37. The third-order valence-electron chi connectivity index (χ3n) is 2.26. The van der Waals surface area contributed by atoms with E-state index in [0.717, 1.165) is 11.6 Å². The number of rotatable bonds is 4. The van der Waals surface area contributed by atoms with Gasteiger partial charge in [-0.3, -0.25) is 10.1 Å². The Labute approximate surface area is 110 Å².